The van der Waals surface area contributed by atoms with Gasteiger partial charge in [-0.1, -0.05) is 25.3 Å². The summed E-state index contributed by atoms with van der Waals surface area (Å²) in [4.78, 5) is 0. The molecule has 1 saturated carbocycles. The molecule has 1 saturated heterocycles. The fourth-order valence-corrected chi connectivity index (χ4v) is 3.14. The molecule has 2 fully saturated rings. The second-order valence-electron chi connectivity index (χ2n) is 5.31. The Morgan fingerprint density at radius 3 is 2.88 bits per heavy atom. The van der Waals surface area contributed by atoms with E-state index in [4.69, 9.17) is 4.74 Å². The van der Waals surface area contributed by atoms with Crippen molar-refractivity contribution in [3.8, 4) is 0 Å². The molecule has 1 heterocycles. The zero-order valence-corrected chi connectivity index (χ0v) is 10.3. The van der Waals surface area contributed by atoms with E-state index in [-0.39, 0.29) is 5.60 Å². The van der Waals surface area contributed by atoms with Crippen molar-refractivity contribution in [2.75, 3.05) is 13.2 Å². The first-order valence-electron chi connectivity index (χ1n) is 6.83. The molecule has 92 valence electrons. The zero-order valence-electron chi connectivity index (χ0n) is 10.3. The first-order chi connectivity index (χ1) is 7.85. The molecule has 0 radical (unpaired) electrons. The van der Waals surface area contributed by atoms with Gasteiger partial charge in [0.05, 0.1) is 5.60 Å². The average Bonchev–Trinajstić information content (AvgIpc) is 2.31. The van der Waals surface area contributed by atoms with E-state index in [1.165, 1.54) is 44.9 Å². The summed E-state index contributed by atoms with van der Waals surface area (Å²) in [5.74, 6) is 0. The predicted molar refractivity (Wildman–Crippen MR) is 67.6 cm³/mol. The molecule has 1 N–H and O–H groups in total. The quantitative estimate of drug-likeness (QED) is 0.584. The van der Waals surface area contributed by atoms with Crippen LogP contribution in [0.15, 0.2) is 12.7 Å². The number of rotatable bonds is 4. The Kier molecular flexibility index (Phi) is 4.42. The Balaban J connectivity index is 1.80. The van der Waals surface area contributed by atoms with Crippen LogP contribution in [0.25, 0.3) is 0 Å². The lowest BCUT2D eigenvalue weighted by Gasteiger charge is -2.43. The van der Waals surface area contributed by atoms with Crippen molar-refractivity contribution in [3.05, 3.63) is 12.7 Å². The smallest absolute Gasteiger partial charge is 0.0697 e. The minimum atomic E-state index is 0.238. The fourth-order valence-electron chi connectivity index (χ4n) is 3.14. The summed E-state index contributed by atoms with van der Waals surface area (Å²) in [6, 6.07) is 0.673. The van der Waals surface area contributed by atoms with Crippen LogP contribution >= 0.6 is 0 Å². The van der Waals surface area contributed by atoms with Crippen LogP contribution in [0.1, 0.15) is 51.4 Å². The Labute approximate surface area is 99.4 Å². The lowest BCUT2D eigenvalue weighted by molar-refractivity contribution is -0.109. The molecule has 2 nitrogen and oxygen atoms in total. The first kappa shape index (κ1) is 12.1. The van der Waals surface area contributed by atoms with Crippen molar-refractivity contribution in [3.63, 3.8) is 0 Å². The standard InChI is InChI=1S/C14H25NO/c1-2-3-10-15-13-7-11-16-14(12-13)8-5-4-6-9-14/h2,13,15H,1,3-12H2. The summed E-state index contributed by atoms with van der Waals surface area (Å²) in [6.07, 6.45) is 12.2. The van der Waals surface area contributed by atoms with Gasteiger partial charge in [-0.25, -0.2) is 0 Å². The normalized spacial score (nSPS) is 29.1. The van der Waals surface area contributed by atoms with Gasteiger partial charge in [0.2, 0.25) is 0 Å². The highest BCUT2D eigenvalue weighted by Crippen LogP contribution is 2.38. The maximum Gasteiger partial charge on any atom is 0.0697 e. The Morgan fingerprint density at radius 1 is 1.31 bits per heavy atom. The molecule has 2 heteroatoms. The Morgan fingerprint density at radius 2 is 2.12 bits per heavy atom. The maximum absolute atomic E-state index is 6.08. The van der Waals surface area contributed by atoms with Gasteiger partial charge in [0.15, 0.2) is 0 Å². The molecule has 0 aromatic rings. The largest absolute Gasteiger partial charge is 0.375 e. The van der Waals surface area contributed by atoms with Crippen LogP contribution in [0.5, 0.6) is 0 Å². The van der Waals surface area contributed by atoms with Crippen molar-refractivity contribution >= 4 is 0 Å². The molecule has 0 amide bonds. The summed E-state index contributed by atoms with van der Waals surface area (Å²) in [7, 11) is 0. The first-order valence-corrected chi connectivity index (χ1v) is 6.83. The van der Waals surface area contributed by atoms with Crippen molar-refractivity contribution in [2.24, 2.45) is 0 Å². The van der Waals surface area contributed by atoms with E-state index in [2.05, 4.69) is 11.9 Å². The molecule has 16 heavy (non-hydrogen) atoms. The van der Waals surface area contributed by atoms with Gasteiger partial charge < -0.3 is 10.1 Å². The zero-order chi connectivity index (χ0) is 11.3. The number of ether oxygens (including phenoxy) is 1. The highest BCUT2D eigenvalue weighted by Gasteiger charge is 2.38. The van der Waals surface area contributed by atoms with Gasteiger partial charge in [0.1, 0.15) is 0 Å². The molecule has 1 aliphatic heterocycles. The van der Waals surface area contributed by atoms with Crippen LogP contribution in [-0.4, -0.2) is 24.8 Å². The van der Waals surface area contributed by atoms with E-state index in [0.29, 0.717) is 6.04 Å². The van der Waals surface area contributed by atoms with Gasteiger partial charge in [-0.3, -0.25) is 0 Å². The SMILES string of the molecule is C=CCCNC1CCOC2(CCCCC2)C1. The second kappa shape index (κ2) is 5.83. The summed E-state index contributed by atoms with van der Waals surface area (Å²) in [6.45, 7) is 5.79. The summed E-state index contributed by atoms with van der Waals surface area (Å²) in [5.41, 5.74) is 0.238. The van der Waals surface area contributed by atoms with Crippen molar-refractivity contribution in [2.45, 2.75) is 63.0 Å². The molecule has 2 rings (SSSR count). The molecule has 0 bridgehead atoms. The molecule has 2 aliphatic rings. The summed E-state index contributed by atoms with van der Waals surface area (Å²) < 4.78 is 6.08. The van der Waals surface area contributed by atoms with Crippen LogP contribution in [0, 0.1) is 0 Å². The lowest BCUT2D eigenvalue weighted by Crippen LogP contribution is -2.48. The third-order valence-electron chi connectivity index (χ3n) is 4.04. The number of hydrogen-bond donors (Lipinski definition) is 1. The fraction of sp³-hybridized carbons (Fsp3) is 0.857. The molecule has 0 aromatic heterocycles. The maximum atomic E-state index is 6.08. The average molecular weight is 223 g/mol. The van der Waals surface area contributed by atoms with Gasteiger partial charge in [0.25, 0.3) is 0 Å². The minimum absolute atomic E-state index is 0.238. The third kappa shape index (κ3) is 3.08. The van der Waals surface area contributed by atoms with Crippen molar-refractivity contribution < 1.29 is 4.74 Å². The highest BCUT2D eigenvalue weighted by atomic mass is 16.5. The van der Waals surface area contributed by atoms with E-state index in [1.807, 2.05) is 6.08 Å². The molecule has 1 spiro atoms. The monoisotopic (exact) mass is 223 g/mol. The number of nitrogens with one attached hydrogen (secondary N) is 1. The van der Waals surface area contributed by atoms with Gasteiger partial charge >= 0.3 is 0 Å². The van der Waals surface area contributed by atoms with Crippen LogP contribution in [0.2, 0.25) is 0 Å². The van der Waals surface area contributed by atoms with Crippen LogP contribution in [0.4, 0.5) is 0 Å². The number of hydrogen-bond acceptors (Lipinski definition) is 2. The molecule has 0 aromatic carbocycles. The minimum Gasteiger partial charge on any atom is -0.375 e. The van der Waals surface area contributed by atoms with E-state index in [1.54, 1.807) is 0 Å². The summed E-state index contributed by atoms with van der Waals surface area (Å²) in [5, 5.41) is 3.64. The third-order valence-corrected chi connectivity index (χ3v) is 4.04. The van der Waals surface area contributed by atoms with Crippen LogP contribution in [0.3, 0.4) is 0 Å². The topological polar surface area (TPSA) is 21.3 Å². The van der Waals surface area contributed by atoms with Crippen LogP contribution < -0.4 is 5.32 Å². The van der Waals surface area contributed by atoms with Gasteiger partial charge in [0, 0.05) is 12.6 Å². The molecular weight excluding hydrogens is 198 g/mol. The second-order valence-corrected chi connectivity index (χ2v) is 5.31. The lowest BCUT2D eigenvalue weighted by atomic mass is 9.78. The highest BCUT2D eigenvalue weighted by molar-refractivity contribution is 4.92. The van der Waals surface area contributed by atoms with E-state index in [0.717, 1.165) is 19.6 Å². The van der Waals surface area contributed by atoms with E-state index in [9.17, 15) is 0 Å². The molecule has 1 atom stereocenters. The van der Waals surface area contributed by atoms with E-state index < -0.39 is 0 Å². The van der Waals surface area contributed by atoms with Gasteiger partial charge in [-0.2, -0.15) is 0 Å². The Bertz CT molecular complexity index is 215. The van der Waals surface area contributed by atoms with Gasteiger partial charge in [-0.05, 0) is 38.6 Å². The van der Waals surface area contributed by atoms with E-state index >= 15 is 0 Å². The van der Waals surface area contributed by atoms with Crippen LogP contribution in [-0.2, 0) is 4.74 Å². The summed E-state index contributed by atoms with van der Waals surface area (Å²) >= 11 is 0. The molecule has 1 unspecified atom stereocenters. The predicted octanol–water partition coefficient (Wildman–Crippen LogP) is 3.03. The van der Waals surface area contributed by atoms with Crippen molar-refractivity contribution in [1.82, 2.24) is 5.32 Å². The Hall–Kier alpha value is -0.340. The molecular formula is C14H25NO. The van der Waals surface area contributed by atoms with Gasteiger partial charge in [-0.15, -0.1) is 6.58 Å². The molecule has 1 aliphatic carbocycles. The van der Waals surface area contributed by atoms with Crippen molar-refractivity contribution in [1.29, 1.82) is 0 Å².